The molecule has 0 aliphatic heterocycles. The van der Waals surface area contributed by atoms with Crippen LogP contribution in [0.1, 0.15) is 49.7 Å². The van der Waals surface area contributed by atoms with Crippen molar-refractivity contribution in [3.8, 4) is 11.5 Å². The molecule has 3 nitrogen and oxygen atoms in total. The minimum atomic E-state index is -0.113. The lowest BCUT2D eigenvalue weighted by Gasteiger charge is -2.48. The molecule has 3 heteroatoms. The van der Waals surface area contributed by atoms with E-state index in [1.54, 1.807) is 0 Å². The number of fused-ring (bicyclic) bond motifs is 5. The van der Waals surface area contributed by atoms with Crippen molar-refractivity contribution in [3.63, 3.8) is 0 Å². The van der Waals surface area contributed by atoms with Crippen molar-refractivity contribution in [1.82, 2.24) is 0 Å². The summed E-state index contributed by atoms with van der Waals surface area (Å²) in [6.07, 6.45) is 5.01. The van der Waals surface area contributed by atoms with E-state index in [1.165, 1.54) is 6.07 Å². The summed E-state index contributed by atoms with van der Waals surface area (Å²) in [4.78, 5) is 0. The van der Waals surface area contributed by atoms with Crippen LogP contribution in [-0.2, 0) is 6.42 Å². The standard InChI is InChI=1S/C18H24O3/c1-9-6-10-7-11(19)8-16(21)18(10)14-3-2-12-13(17(9)14)4-5-15(12)20/h7-9,12-15,17,19-21H,2-6H2,1H3/t9-,12+,13-,14+,15?,17+/m1/s1. The number of benzene rings is 1. The van der Waals surface area contributed by atoms with Gasteiger partial charge in [0, 0.05) is 11.6 Å². The Bertz CT molecular complexity index is 568. The molecule has 0 amide bonds. The molecule has 114 valence electrons. The highest BCUT2D eigenvalue weighted by Crippen LogP contribution is 2.58. The Morgan fingerprint density at radius 1 is 1.00 bits per heavy atom. The van der Waals surface area contributed by atoms with Crippen LogP contribution in [0.15, 0.2) is 12.1 Å². The third-order valence-corrected chi connectivity index (χ3v) is 6.41. The molecule has 3 aliphatic rings. The molecule has 0 heterocycles. The highest BCUT2D eigenvalue weighted by atomic mass is 16.3. The van der Waals surface area contributed by atoms with E-state index in [1.807, 2.05) is 6.07 Å². The second-order valence-corrected chi connectivity index (χ2v) is 7.45. The van der Waals surface area contributed by atoms with Crippen LogP contribution >= 0.6 is 0 Å². The predicted molar refractivity (Wildman–Crippen MR) is 80.3 cm³/mol. The van der Waals surface area contributed by atoms with E-state index in [4.69, 9.17) is 0 Å². The number of hydrogen-bond donors (Lipinski definition) is 3. The molecule has 1 aromatic carbocycles. The number of rotatable bonds is 0. The van der Waals surface area contributed by atoms with Gasteiger partial charge in [0.15, 0.2) is 0 Å². The van der Waals surface area contributed by atoms with E-state index in [2.05, 4.69) is 6.92 Å². The van der Waals surface area contributed by atoms with Gasteiger partial charge < -0.3 is 15.3 Å². The van der Waals surface area contributed by atoms with Crippen molar-refractivity contribution in [2.24, 2.45) is 23.7 Å². The van der Waals surface area contributed by atoms with E-state index in [-0.39, 0.29) is 17.6 Å². The van der Waals surface area contributed by atoms with E-state index >= 15 is 0 Å². The summed E-state index contributed by atoms with van der Waals surface area (Å²) in [5.74, 6) is 3.04. The average molecular weight is 288 g/mol. The normalized spacial score (nSPS) is 41.2. The average Bonchev–Trinajstić information content (AvgIpc) is 2.79. The number of aromatic hydroxyl groups is 2. The molecule has 2 saturated carbocycles. The van der Waals surface area contributed by atoms with Gasteiger partial charge in [0.25, 0.3) is 0 Å². The number of aliphatic hydroxyl groups is 1. The van der Waals surface area contributed by atoms with Gasteiger partial charge in [-0.25, -0.2) is 0 Å². The van der Waals surface area contributed by atoms with Gasteiger partial charge in [-0.3, -0.25) is 0 Å². The lowest BCUT2D eigenvalue weighted by Crippen LogP contribution is -2.40. The molecule has 4 rings (SSSR count). The van der Waals surface area contributed by atoms with Crippen molar-refractivity contribution < 1.29 is 15.3 Å². The first-order valence-electron chi connectivity index (χ1n) is 8.29. The topological polar surface area (TPSA) is 60.7 Å². The third-order valence-electron chi connectivity index (χ3n) is 6.41. The fraction of sp³-hybridized carbons (Fsp3) is 0.667. The second-order valence-electron chi connectivity index (χ2n) is 7.45. The fourth-order valence-electron chi connectivity index (χ4n) is 5.74. The Morgan fingerprint density at radius 3 is 2.57 bits per heavy atom. The van der Waals surface area contributed by atoms with Crippen LogP contribution in [0, 0.1) is 23.7 Å². The summed E-state index contributed by atoms with van der Waals surface area (Å²) in [5, 5.41) is 30.3. The first-order chi connectivity index (χ1) is 10.1. The van der Waals surface area contributed by atoms with Gasteiger partial charge in [0.1, 0.15) is 11.5 Å². The quantitative estimate of drug-likeness (QED) is 0.687. The summed E-state index contributed by atoms with van der Waals surface area (Å²) in [6, 6.07) is 3.32. The molecule has 0 saturated heterocycles. The first kappa shape index (κ1) is 13.4. The minimum Gasteiger partial charge on any atom is -0.508 e. The fourth-order valence-corrected chi connectivity index (χ4v) is 5.74. The molecule has 6 atom stereocenters. The van der Waals surface area contributed by atoms with Crippen LogP contribution in [0.25, 0.3) is 0 Å². The van der Waals surface area contributed by atoms with Crippen LogP contribution < -0.4 is 0 Å². The molecule has 0 aromatic heterocycles. The maximum atomic E-state index is 10.3. The number of phenolic OH excluding ortho intramolecular Hbond substituents is 2. The molecule has 1 aromatic rings. The van der Waals surface area contributed by atoms with Gasteiger partial charge in [-0.2, -0.15) is 0 Å². The number of hydrogen-bond acceptors (Lipinski definition) is 3. The third kappa shape index (κ3) is 1.90. The second kappa shape index (κ2) is 4.64. The summed E-state index contributed by atoms with van der Waals surface area (Å²) in [7, 11) is 0. The molecule has 0 spiro atoms. The Morgan fingerprint density at radius 2 is 1.76 bits per heavy atom. The van der Waals surface area contributed by atoms with Crippen molar-refractivity contribution in [3.05, 3.63) is 23.3 Å². The van der Waals surface area contributed by atoms with Gasteiger partial charge in [-0.15, -0.1) is 0 Å². The van der Waals surface area contributed by atoms with Crippen LogP contribution in [0.4, 0.5) is 0 Å². The largest absolute Gasteiger partial charge is 0.508 e. The van der Waals surface area contributed by atoms with Gasteiger partial charge in [-0.1, -0.05) is 6.92 Å². The van der Waals surface area contributed by atoms with Gasteiger partial charge in [0.05, 0.1) is 6.10 Å². The SMILES string of the molecule is C[C@@H]1Cc2cc(O)cc(O)c2[C@H]2CC[C@@H]3C(O)CC[C@H]3[C@H]12. The maximum Gasteiger partial charge on any atom is 0.123 e. The van der Waals surface area contributed by atoms with Gasteiger partial charge in [0.2, 0.25) is 0 Å². The molecular weight excluding hydrogens is 264 g/mol. The van der Waals surface area contributed by atoms with E-state index in [0.717, 1.165) is 43.2 Å². The molecule has 3 aliphatic carbocycles. The zero-order valence-corrected chi connectivity index (χ0v) is 12.5. The molecule has 0 bridgehead atoms. The lowest BCUT2D eigenvalue weighted by atomic mass is 9.57. The summed E-state index contributed by atoms with van der Waals surface area (Å²) in [6.45, 7) is 2.30. The van der Waals surface area contributed by atoms with E-state index in [0.29, 0.717) is 29.6 Å². The highest BCUT2D eigenvalue weighted by Gasteiger charge is 2.50. The predicted octanol–water partition coefficient (Wildman–Crippen LogP) is 3.17. The van der Waals surface area contributed by atoms with Gasteiger partial charge >= 0.3 is 0 Å². The van der Waals surface area contributed by atoms with Crippen molar-refractivity contribution in [2.45, 2.75) is 51.0 Å². The molecule has 21 heavy (non-hydrogen) atoms. The molecule has 1 unspecified atom stereocenters. The van der Waals surface area contributed by atoms with E-state index in [9.17, 15) is 15.3 Å². The molecular formula is C18H24O3. The maximum absolute atomic E-state index is 10.3. The zero-order chi connectivity index (χ0) is 14.7. The van der Waals surface area contributed by atoms with Crippen LogP contribution in [0.5, 0.6) is 11.5 Å². The smallest absolute Gasteiger partial charge is 0.123 e. The Hall–Kier alpha value is -1.22. The number of phenols is 2. The van der Waals surface area contributed by atoms with Crippen molar-refractivity contribution in [2.75, 3.05) is 0 Å². The van der Waals surface area contributed by atoms with E-state index < -0.39 is 0 Å². The lowest BCUT2D eigenvalue weighted by molar-refractivity contribution is 0.0373. The van der Waals surface area contributed by atoms with Crippen LogP contribution in [0.3, 0.4) is 0 Å². The van der Waals surface area contributed by atoms with Crippen molar-refractivity contribution in [1.29, 1.82) is 0 Å². The van der Waals surface area contributed by atoms with Crippen LogP contribution in [-0.4, -0.2) is 21.4 Å². The Balaban J connectivity index is 1.77. The summed E-state index contributed by atoms with van der Waals surface area (Å²) in [5.41, 5.74) is 2.20. The minimum absolute atomic E-state index is 0.113. The van der Waals surface area contributed by atoms with Crippen LogP contribution in [0.2, 0.25) is 0 Å². The van der Waals surface area contributed by atoms with Crippen molar-refractivity contribution >= 4 is 0 Å². The number of aliphatic hydroxyl groups excluding tert-OH is 1. The monoisotopic (exact) mass is 288 g/mol. The molecule has 2 fully saturated rings. The summed E-state index contributed by atoms with van der Waals surface area (Å²) >= 11 is 0. The zero-order valence-electron chi connectivity index (χ0n) is 12.5. The summed E-state index contributed by atoms with van der Waals surface area (Å²) < 4.78 is 0. The molecule has 0 radical (unpaired) electrons. The Labute approximate surface area is 125 Å². The van der Waals surface area contributed by atoms with Gasteiger partial charge in [-0.05, 0) is 73.3 Å². The highest BCUT2D eigenvalue weighted by molar-refractivity contribution is 5.49. The first-order valence-corrected chi connectivity index (χ1v) is 8.29. The molecule has 3 N–H and O–H groups in total. The Kier molecular flexibility index (Phi) is 2.97.